The average molecular weight is 251 g/mol. The summed E-state index contributed by atoms with van der Waals surface area (Å²) < 4.78 is 10.5. The number of rotatable bonds is 7. The van der Waals surface area contributed by atoms with E-state index in [9.17, 15) is 4.79 Å². The Balaban J connectivity index is 2.58. The standard InChI is InChI=1S/C14H21NO3/c1-3-17-10-11(2)18-14(16)13(9-15)12-7-5-4-6-8-12/h4-8,11,13H,3,9-10,15H2,1-2H3. The van der Waals surface area contributed by atoms with E-state index >= 15 is 0 Å². The zero-order valence-electron chi connectivity index (χ0n) is 11.0. The number of nitrogens with two attached hydrogens (primary N) is 1. The van der Waals surface area contributed by atoms with Gasteiger partial charge in [0, 0.05) is 13.2 Å². The summed E-state index contributed by atoms with van der Waals surface area (Å²) in [5.41, 5.74) is 6.53. The van der Waals surface area contributed by atoms with Gasteiger partial charge in [-0.1, -0.05) is 30.3 Å². The fraction of sp³-hybridized carbons (Fsp3) is 0.500. The van der Waals surface area contributed by atoms with Crippen molar-refractivity contribution in [3.05, 3.63) is 35.9 Å². The minimum Gasteiger partial charge on any atom is -0.460 e. The molecule has 0 spiro atoms. The van der Waals surface area contributed by atoms with E-state index in [4.69, 9.17) is 15.2 Å². The van der Waals surface area contributed by atoms with Crippen molar-refractivity contribution in [1.82, 2.24) is 0 Å². The van der Waals surface area contributed by atoms with Crippen LogP contribution in [-0.4, -0.2) is 31.8 Å². The lowest BCUT2D eigenvalue weighted by Crippen LogP contribution is -2.28. The first kappa shape index (κ1) is 14.7. The van der Waals surface area contributed by atoms with Gasteiger partial charge in [0.1, 0.15) is 6.10 Å². The molecule has 2 N–H and O–H groups in total. The number of esters is 1. The molecular weight excluding hydrogens is 230 g/mol. The minimum atomic E-state index is -0.407. The maximum Gasteiger partial charge on any atom is 0.315 e. The molecule has 0 fully saturated rings. The Morgan fingerprint density at radius 3 is 2.56 bits per heavy atom. The quantitative estimate of drug-likeness (QED) is 0.749. The molecule has 0 saturated heterocycles. The maximum atomic E-state index is 12.0. The van der Waals surface area contributed by atoms with Gasteiger partial charge in [-0.05, 0) is 19.4 Å². The highest BCUT2D eigenvalue weighted by Crippen LogP contribution is 2.16. The van der Waals surface area contributed by atoms with Crippen molar-refractivity contribution in [1.29, 1.82) is 0 Å². The van der Waals surface area contributed by atoms with Crippen LogP contribution in [0.4, 0.5) is 0 Å². The number of ether oxygens (including phenoxy) is 2. The second kappa shape index (κ2) is 7.84. The first-order valence-electron chi connectivity index (χ1n) is 6.22. The van der Waals surface area contributed by atoms with Crippen LogP contribution in [0, 0.1) is 0 Å². The molecule has 0 aliphatic rings. The summed E-state index contributed by atoms with van der Waals surface area (Å²) in [5.74, 6) is -0.703. The predicted molar refractivity (Wildman–Crippen MR) is 70.3 cm³/mol. The highest BCUT2D eigenvalue weighted by Gasteiger charge is 2.22. The Morgan fingerprint density at radius 1 is 1.33 bits per heavy atom. The predicted octanol–water partition coefficient (Wildman–Crippen LogP) is 1.70. The fourth-order valence-corrected chi connectivity index (χ4v) is 1.65. The van der Waals surface area contributed by atoms with Crippen molar-refractivity contribution < 1.29 is 14.3 Å². The number of hydrogen-bond donors (Lipinski definition) is 1. The van der Waals surface area contributed by atoms with E-state index in [2.05, 4.69) is 0 Å². The van der Waals surface area contributed by atoms with Crippen molar-refractivity contribution in [2.24, 2.45) is 5.73 Å². The van der Waals surface area contributed by atoms with Gasteiger partial charge < -0.3 is 15.2 Å². The van der Waals surface area contributed by atoms with Crippen molar-refractivity contribution in [3.8, 4) is 0 Å². The first-order chi connectivity index (χ1) is 8.69. The number of carbonyl (C=O) groups is 1. The molecule has 4 nitrogen and oxygen atoms in total. The lowest BCUT2D eigenvalue weighted by molar-refractivity contribution is -0.152. The van der Waals surface area contributed by atoms with E-state index in [0.29, 0.717) is 13.2 Å². The van der Waals surface area contributed by atoms with Gasteiger partial charge in [0.05, 0.1) is 12.5 Å². The second-order valence-electron chi connectivity index (χ2n) is 4.11. The molecule has 4 heteroatoms. The molecule has 0 saturated carbocycles. The van der Waals surface area contributed by atoms with Gasteiger partial charge in [-0.25, -0.2) is 0 Å². The Hall–Kier alpha value is -1.39. The third kappa shape index (κ3) is 4.47. The summed E-state index contributed by atoms with van der Waals surface area (Å²) in [6.07, 6.45) is -0.254. The normalized spacial score (nSPS) is 13.9. The van der Waals surface area contributed by atoms with Crippen LogP contribution >= 0.6 is 0 Å². The van der Waals surface area contributed by atoms with Gasteiger partial charge in [0.2, 0.25) is 0 Å². The van der Waals surface area contributed by atoms with Crippen molar-refractivity contribution in [2.45, 2.75) is 25.9 Å². The second-order valence-corrected chi connectivity index (χ2v) is 4.11. The highest BCUT2D eigenvalue weighted by molar-refractivity contribution is 5.78. The molecule has 2 unspecified atom stereocenters. The van der Waals surface area contributed by atoms with Crippen molar-refractivity contribution in [3.63, 3.8) is 0 Å². The molecule has 1 aromatic rings. The zero-order valence-corrected chi connectivity index (χ0v) is 11.0. The molecule has 2 atom stereocenters. The van der Waals surface area contributed by atoms with E-state index < -0.39 is 5.92 Å². The van der Waals surface area contributed by atoms with Gasteiger partial charge in [-0.2, -0.15) is 0 Å². The summed E-state index contributed by atoms with van der Waals surface area (Å²) >= 11 is 0. The van der Waals surface area contributed by atoms with Crippen LogP contribution in [0.25, 0.3) is 0 Å². The first-order valence-corrected chi connectivity index (χ1v) is 6.22. The fourth-order valence-electron chi connectivity index (χ4n) is 1.65. The van der Waals surface area contributed by atoms with Crippen LogP contribution in [0.15, 0.2) is 30.3 Å². The Kier molecular flexibility index (Phi) is 6.39. The topological polar surface area (TPSA) is 61.5 Å². The summed E-state index contributed by atoms with van der Waals surface area (Å²) in [6.45, 7) is 4.98. The summed E-state index contributed by atoms with van der Waals surface area (Å²) in [5, 5.41) is 0. The van der Waals surface area contributed by atoms with Gasteiger partial charge in [-0.3, -0.25) is 4.79 Å². The van der Waals surface area contributed by atoms with E-state index in [1.165, 1.54) is 0 Å². The Labute approximate surface area is 108 Å². The van der Waals surface area contributed by atoms with Crippen LogP contribution in [0.2, 0.25) is 0 Å². The molecule has 0 heterocycles. The summed E-state index contributed by atoms with van der Waals surface area (Å²) in [6, 6.07) is 9.43. The molecule has 0 aliphatic heterocycles. The van der Waals surface area contributed by atoms with Crippen LogP contribution in [0.5, 0.6) is 0 Å². The number of hydrogen-bond acceptors (Lipinski definition) is 4. The van der Waals surface area contributed by atoms with Crippen LogP contribution in [-0.2, 0) is 14.3 Å². The van der Waals surface area contributed by atoms with Crippen LogP contribution in [0.1, 0.15) is 25.3 Å². The Bertz CT molecular complexity index is 353. The number of benzene rings is 1. The maximum absolute atomic E-state index is 12.0. The monoisotopic (exact) mass is 251 g/mol. The minimum absolute atomic E-state index is 0.240. The van der Waals surface area contributed by atoms with Gasteiger partial charge in [0.15, 0.2) is 0 Å². The lowest BCUT2D eigenvalue weighted by Gasteiger charge is -2.18. The number of carbonyl (C=O) groups excluding carboxylic acids is 1. The van der Waals surface area contributed by atoms with Gasteiger partial charge in [-0.15, -0.1) is 0 Å². The van der Waals surface area contributed by atoms with E-state index in [1.807, 2.05) is 44.2 Å². The largest absolute Gasteiger partial charge is 0.460 e. The molecule has 0 radical (unpaired) electrons. The van der Waals surface area contributed by atoms with E-state index in [1.54, 1.807) is 0 Å². The highest BCUT2D eigenvalue weighted by atomic mass is 16.6. The summed E-state index contributed by atoms with van der Waals surface area (Å²) in [4.78, 5) is 12.0. The molecule has 0 amide bonds. The third-order valence-electron chi connectivity index (χ3n) is 2.60. The molecule has 18 heavy (non-hydrogen) atoms. The molecule has 100 valence electrons. The van der Waals surface area contributed by atoms with Crippen LogP contribution < -0.4 is 5.73 Å². The SMILES string of the molecule is CCOCC(C)OC(=O)C(CN)c1ccccc1. The van der Waals surface area contributed by atoms with Gasteiger partial charge in [0.25, 0.3) is 0 Å². The smallest absolute Gasteiger partial charge is 0.315 e. The van der Waals surface area contributed by atoms with Gasteiger partial charge >= 0.3 is 5.97 Å². The molecule has 0 aliphatic carbocycles. The summed E-state index contributed by atoms with van der Waals surface area (Å²) in [7, 11) is 0. The van der Waals surface area contributed by atoms with Crippen molar-refractivity contribution in [2.75, 3.05) is 19.8 Å². The lowest BCUT2D eigenvalue weighted by atomic mass is 9.99. The molecule has 1 aromatic carbocycles. The van der Waals surface area contributed by atoms with E-state index in [0.717, 1.165) is 5.56 Å². The molecule has 1 rings (SSSR count). The molecule has 0 bridgehead atoms. The Morgan fingerprint density at radius 2 is 2.00 bits per heavy atom. The zero-order chi connectivity index (χ0) is 13.4. The van der Waals surface area contributed by atoms with Crippen LogP contribution in [0.3, 0.4) is 0 Å². The average Bonchev–Trinajstić information content (AvgIpc) is 2.38. The van der Waals surface area contributed by atoms with E-state index in [-0.39, 0.29) is 18.6 Å². The molecule has 0 aromatic heterocycles. The van der Waals surface area contributed by atoms with Crippen molar-refractivity contribution >= 4 is 5.97 Å². The third-order valence-corrected chi connectivity index (χ3v) is 2.60. The molecular formula is C14H21NO3.